The van der Waals surface area contributed by atoms with Crippen LogP contribution in [0.25, 0.3) is 11.3 Å². The first-order valence-corrected chi connectivity index (χ1v) is 11.4. The van der Waals surface area contributed by atoms with Gasteiger partial charge in [0.1, 0.15) is 5.75 Å². The van der Waals surface area contributed by atoms with E-state index in [1.165, 1.54) is 22.7 Å². The van der Waals surface area contributed by atoms with Crippen molar-refractivity contribution in [2.45, 2.75) is 13.3 Å². The molecule has 0 unspecified atom stereocenters. The molecule has 0 aliphatic heterocycles. The molecule has 0 bridgehead atoms. The van der Waals surface area contributed by atoms with Gasteiger partial charge < -0.3 is 10.1 Å². The smallest absolute Gasteiger partial charge is 0.257 e. The largest absolute Gasteiger partial charge is 0.497 e. The van der Waals surface area contributed by atoms with E-state index < -0.39 is 0 Å². The Morgan fingerprint density at radius 2 is 1.72 bits per heavy atom. The van der Waals surface area contributed by atoms with Gasteiger partial charge in [-0.2, -0.15) is 0 Å². The average molecular weight is 465 g/mol. The Kier molecular flexibility index (Phi) is 6.58. The van der Waals surface area contributed by atoms with Crippen molar-refractivity contribution in [3.05, 3.63) is 76.1 Å². The van der Waals surface area contributed by atoms with Crippen LogP contribution in [0.2, 0.25) is 0 Å². The van der Waals surface area contributed by atoms with Crippen molar-refractivity contribution in [1.29, 1.82) is 0 Å². The van der Waals surface area contributed by atoms with E-state index in [-0.39, 0.29) is 18.2 Å². The van der Waals surface area contributed by atoms with Crippen molar-refractivity contribution >= 4 is 44.8 Å². The quantitative estimate of drug-likeness (QED) is 0.401. The molecule has 0 spiro atoms. The van der Waals surface area contributed by atoms with Gasteiger partial charge in [0.2, 0.25) is 5.91 Å². The Hall–Kier alpha value is -3.56. The molecular formula is C23H20N4O3S2. The maximum absolute atomic E-state index is 12.5. The van der Waals surface area contributed by atoms with Crippen molar-refractivity contribution in [1.82, 2.24) is 9.97 Å². The molecule has 0 aliphatic carbocycles. The summed E-state index contributed by atoms with van der Waals surface area (Å²) >= 11 is 2.70. The molecule has 0 saturated heterocycles. The minimum atomic E-state index is -0.236. The zero-order valence-electron chi connectivity index (χ0n) is 17.4. The van der Waals surface area contributed by atoms with Crippen LogP contribution in [0.5, 0.6) is 5.75 Å². The third-order valence-corrected chi connectivity index (χ3v) is 6.25. The summed E-state index contributed by atoms with van der Waals surface area (Å²) in [6.45, 7) is 1.97. The number of aryl methyl sites for hydroxylation is 1. The van der Waals surface area contributed by atoms with Crippen molar-refractivity contribution in [2.75, 3.05) is 17.7 Å². The van der Waals surface area contributed by atoms with Gasteiger partial charge in [-0.15, -0.1) is 22.7 Å². The second kappa shape index (κ2) is 9.71. The number of nitrogens with one attached hydrogen (secondary N) is 2. The number of carbonyl (C=O) groups is 2. The number of carbonyl (C=O) groups excluding carboxylic acids is 2. The first-order valence-electron chi connectivity index (χ1n) is 9.74. The topological polar surface area (TPSA) is 93.2 Å². The molecule has 7 nitrogen and oxygen atoms in total. The van der Waals surface area contributed by atoms with Gasteiger partial charge in [0, 0.05) is 21.4 Å². The minimum absolute atomic E-state index is 0.0915. The highest BCUT2D eigenvalue weighted by Gasteiger charge is 2.15. The summed E-state index contributed by atoms with van der Waals surface area (Å²) in [5.74, 6) is 0.323. The van der Waals surface area contributed by atoms with Crippen LogP contribution in [0.4, 0.5) is 10.3 Å². The monoisotopic (exact) mass is 464 g/mol. The van der Waals surface area contributed by atoms with E-state index in [1.54, 1.807) is 36.8 Å². The lowest BCUT2D eigenvalue weighted by atomic mass is 10.1. The lowest BCUT2D eigenvalue weighted by Gasteiger charge is -2.02. The van der Waals surface area contributed by atoms with E-state index >= 15 is 0 Å². The Morgan fingerprint density at radius 1 is 0.969 bits per heavy atom. The van der Waals surface area contributed by atoms with Gasteiger partial charge in [-0.3, -0.25) is 14.9 Å². The Bertz CT molecular complexity index is 1230. The number of hydrogen-bond donors (Lipinski definition) is 2. The van der Waals surface area contributed by atoms with Crippen LogP contribution in [0.3, 0.4) is 0 Å². The van der Waals surface area contributed by atoms with Gasteiger partial charge >= 0.3 is 0 Å². The van der Waals surface area contributed by atoms with Gasteiger partial charge in [-0.25, -0.2) is 9.97 Å². The average Bonchev–Trinajstić information content (AvgIpc) is 3.39. The molecule has 9 heteroatoms. The Labute approximate surface area is 193 Å². The van der Waals surface area contributed by atoms with Gasteiger partial charge in [0.05, 0.1) is 24.9 Å². The molecule has 2 aromatic heterocycles. The van der Waals surface area contributed by atoms with Crippen LogP contribution in [0, 0.1) is 6.92 Å². The fourth-order valence-electron chi connectivity index (χ4n) is 3.00. The summed E-state index contributed by atoms with van der Waals surface area (Å²) < 4.78 is 5.19. The van der Waals surface area contributed by atoms with E-state index in [4.69, 9.17) is 4.74 Å². The molecular weight excluding hydrogens is 444 g/mol. The molecule has 2 amide bonds. The number of methoxy groups -OCH3 is 1. The van der Waals surface area contributed by atoms with E-state index in [2.05, 4.69) is 20.6 Å². The summed E-state index contributed by atoms with van der Waals surface area (Å²) in [6, 6.07) is 16.5. The highest BCUT2D eigenvalue weighted by atomic mass is 32.1. The molecule has 162 valence electrons. The van der Waals surface area contributed by atoms with Crippen LogP contribution in [0.15, 0.2) is 60.0 Å². The highest BCUT2D eigenvalue weighted by molar-refractivity contribution is 7.16. The molecule has 4 rings (SSSR count). The van der Waals surface area contributed by atoms with Crippen LogP contribution >= 0.6 is 22.7 Å². The Balaban J connectivity index is 1.36. The predicted octanol–water partition coefficient (Wildman–Crippen LogP) is 5.02. The molecule has 2 aromatic carbocycles. The van der Waals surface area contributed by atoms with Crippen molar-refractivity contribution in [3.8, 4) is 17.0 Å². The van der Waals surface area contributed by atoms with Gasteiger partial charge in [-0.05, 0) is 43.3 Å². The molecule has 2 N–H and O–H groups in total. The molecule has 4 aromatic rings. The SMILES string of the molecule is COc1ccc(-c2nc(NC(=O)Cc3csc(NC(=O)c4ccccc4)n3)sc2C)cc1. The second-order valence-corrected chi connectivity index (χ2v) is 8.90. The minimum Gasteiger partial charge on any atom is -0.497 e. The molecule has 32 heavy (non-hydrogen) atoms. The van der Waals surface area contributed by atoms with Gasteiger partial charge in [-0.1, -0.05) is 18.2 Å². The maximum Gasteiger partial charge on any atom is 0.257 e. The van der Waals surface area contributed by atoms with E-state index in [9.17, 15) is 9.59 Å². The maximum atomic E-state index is 12.5. The van der Waals surface area contributed by atoms with Gasteiger partial charge in [0.25, 0.3) is 5.91 Å². The van der Waals surface area contributed by atoms with Crippen molar-refractivity contribution < 1.29 is 14.3 Å². The molecule has 0 atom stereocenters. The normalized spacial score (nSPS) is 10.6. The summed E-state index contributed by atoms with van der Waals surface area (Å²) in [5, 5.41) is 8.34. The summed E-state index contributed by atoms with van der Waals surface area (Å²) in [7, 11) is 1.62. The number of nitrogens with zero attached hydrogens (tertiary/aromatic N) is 2. The highest BCUT2D eigenvalue weighted by Crippen LogP contribution is 2.31. The number of anilines is 2. The van der Waals surface area contributed by atoms with Crippen LogP contribution in [-0.2, 0) is 11.2 Å². The summed E-state index contributed by atoms with van der Waals surface area (Å²) in [5.41, 5.74) is 2.92. The second-order valence-electron chi connectivity index (χ2n) is 6.84. The fraction of sp³-hybridized carbons (Fsp3) is 0.130. The third-order valence-electron chi connectivity index (χ3n) is 4.56. The molecule has 2 heterocycles. The van der Waals surface area contributed by atoms with Gasteiger partial charge in [0.15, 0.2) is 10.3 Å². The van der Waals surface area contributed by atoms with E-state index in [0.717, 1.165) is 21.9 Å². The lowest BCUT2D eigenvalue weighted by molar-refractivity contribution is -0.115. The molecule has 0 fully saturated rings. The van der Waals surface area contributed by atoms with Crippen molar-refractivity contribution in [2.24, 2.45) is 0 Å². The molecule has 0 radical (unpaired) electrons. The van der Waals surface area contributed by atoms with E-state index in [0.29, 0.717) is 21.5 Å². The number of rotatable bonds is 7. The number of amides is 2. The first kappa shape index (κ1) is 21.7. The summed E-state index contributed by atoms with van der Waals surface area (Å²) in [6.07, 6.45) is 0.0915. The zero-order chi connectivity index (χ0) is 22.5. The van der Waals surface area contributed by atoms with Crippen LogP contribution in [0.1, 0.15) is 20.9 Å². The number of hydrogen-bond acceptors (Lipinski definition) is 7. The number of aromatic nitrogens is 2. The molecule has 0 aliphatic rings. The Morgan fingerprint density at radius 3 is 2.44 bits per heavy atom. The lowest BCUT2D eigenvalue weighted by Crippen LogP contribution is -2.15. The van der Waals surface area contributed by atoms with Crippen LogP contribution in [-0.4, -0.2) is 28.9 Å². The molecule has 0 saturated carbocycles. The summed E-state index contributed by atoms with van der Waals surface area (Å²) in [4.78, 5) is 34.6. The number of benzene rings is 2. The van der Waals surface area contributed by atoms with E-state index in [1.807, 2.05) is 37.3 Å². The van der Waals surface area contributed by atoms with Crippen molar-refractivity contribution in [3.63, 3.8) is 0 Å². The fourth-order valence-corrected chi connectivity index (χ4v) is 4.56. The number of ether oxygens (including phenoxy) is 1. The zero-order valence-corrected chi connectivity index (χ0v) is 19.0. The third kappa shape index (κ3) is 5.19. The first-order chi connectivity index (χ1) is 15.5. The standard InChI is InChI=1S/C23H20N4O3S2/c1-14-20(15-8-10-18(30-2)11-9-15)26-23(32-14)25-19(28)12-17-13-31-22(24-17)27-21(29)16-6-4-3-5-7-16/h3-11,13H,12H2,1-2H3,(H,24,27,29)(H,25,26,28). The number of thiazole rings is 2. The predicted molar refractivity (Wildman–Crippen MR) is 128 cm³/mol. The van der Waals surface area contributed by atoms with Crippen LogP contribution < -0.4 is 15.4 Å².